The maximum absolute atomic E-state index is 4.50. The van der Waals surface area contributed by atoms with Gasteiger partial charge in [0.1, 0.15) is 0 Å². The van der Waals surface area contributed by atoms with Crippen LogP contribution in [0.4, 0.5) is 0 Å². The first kappa shape index (κ1) is 16.9. The van der Waals surface area contributed by atoms with Crippen molar-refractivity contribution in [3.63, 3.8) is 0 Å². The Bertz CT molecular complexity index is 305. The van der Waals surface area contributed by atoms with Crippen molar-refractivity contribution in [1.82, 2.24) is 0 Å². The van der Waals surface area contributed by atoms with Crippen LogP contribution in [0.25, 0.3) is 0 Å². The molecule has 1 nitrogen and oxygen atoms in total. The highest BCUT2D eigenvalue weighted by Gasteiger charge is 2.26. The fraction of sp³-hybridized carbons (Fsp3) is 0.529. The average molecular weight is 247 g/mol. The van der Waals surface area contributed by atoms with Crippen LogP contribution in [0.15, 0.2) is 43.0 Å². The zero-order valence-corrected chi connectivity index (χ0v) is 12.3. The molecule has 0 saturated heterocycles. The van der Waals surface area contributed by atoms with Gasteiger partial charge in [0.2, 0.25) is 0 Å². The van der Waals surface area contributed by atoms with Gasteiger partial charge in [-0.05, 0) is 25.5 Å². The van der Waals surface area contributed by atoms with Crippen LogP contribution in [0, 0.1) is 0 Å². The Morgan fingerprint density at radius 2 is 1.67 bits per heavy atom. The fourth-order valence-electron chi connectivity index (χ4n) is 2.44. The molecule has 0 saturated carbocycles. The number of hydrogen-bond donors (Lipinski definition) is 1. The first-order chi connectivity index (χ1) is 8.79. The van der Waals surface area contributed by atoms with Crippen LogP contribution >= 0.6 is 0 Å². The molecule has 0 amide bonds. The van der Waals surface area contributed by atoms with Crippen molar-refractivity contribution < 1.29 is 0 Å². The van der Waals surface area contributed by atoms with Crippen LogP contribution in [-0.2, 0) is 5.41 Å². The highest BCUT2D eigenvalue weighted by atomic mass is 14.4. The summed E-state index contributed by atoms with van der Waals surface area (Å²) >= 11 is 0. The predicted molar refractivity (Wildman–Crippen MR) is 82.9 cm³/mol. The van der Waals surface area contributed by atoms with Gasteiger partial charge < -0.3 is 5.73 Å². The summed E-state index contributed by atoms with van der Waals surface area (Å²) in [6, 6.07) is 10.8. The van der Waals surface area contributed by atoms with Crippen molar-refractivity contribution in [3.05, 3.63) is 48.6 Å². The average Bonchev–Trinajstić information content (AvgIpc) is 2.47. The highest BCUT2D eigenvalue weighted by Crippen LogP contribution is 2.35. The molecule has 1 atom stereocenters. The second-order valence-electron chi connectivity index (χ2n) is 4.58. The lowest BCUT2D eigenvalue weighted by Crippen LogP contribution is -2.23. The largest absolute Gasteiger partial charge is 0.333 e. The van der Waals surface area contributed by atoms with Gasteiger partial charge in [0.15, 0.2) is 0 Å². The van der Waals surface area contributed by atoms with E-state index in [0.29, 0.717) is 0 Å². The van der Waals surface area contributed by atoms with E-state index in [2.05, 4.69) is 62.6 Å². The van der Waals surface area contributed by atoms with Crippen LogP contribution in [-0.4, -0.2) is 7.05 Å². The highest BCUT2D eigenvalue weighted by molar-refractivity contribution is 5.30. The molecule has 0 aliphatic heterocycles. The Labute approximate surface area is 113 Å². The quantitative estimate of drug-likeness (QED) is 0.696. The van der Waals surface area contributed by atoms with Gasteiger partial charge in [-0.1, -0.05) is 69.5 Å². The Morgan fingerprint density at radius 3 is 2.11 bits per heavy atom. The minimum absolute atomic E-state index is 0.200. The van der Waals surface area contributed by atoms with Crippen molar-refractivity contribution in [1.29, 1.82) is 0 Å². The van der Waals surface area contributed by atoms with Crippen LogP contribution in [0.2, 0.25) is 0 Å². The van der Waals surface area contributed by atoms with E-state index < -0.39 is 0 Å². The maximum Gasteiger partial charge on any atom is 0.0129 e. The Balaban J connectivity index is 0.00000137. The first-order valence-electron chi connectivity index (χ1n) is 7.06. The van der Waals surface area contributed by atoms with E-state index in [-0.39, 0.29) is 5.41 Å². The number of rotatable bonds is 7. The molecule has 1 aromatic carbocycles. The van der Waals surface area contributed by atoms with Crippen molar-refractivity contribution in [2.75, 3.05) is 7.05 Å². The molecule has 1 aromatic rings. The van der Waals surface area contributed by atoms with E-state index in [4.69, 9.17) is 0 Å². The monoisotopic (exact) mass is 247 g/mol. The zero-order valence-electron chi connectivity index (χ0n) is 12.3. The predicted octanol–water partition coefficient (Wildman–Crippen LogP) is 4.68. The molecule has 1 unspecified atom stereocenters. The van der Waals surface area contributed by atoms with Gasteiger partial charge in [-0.25, -0.2) is 0 Å². The van der Waals surface area contributed by atoms with E-state index in [1.807, 2.05) is 0 Å². The van der Waals surface area contributed by atoms with E-state index in [9.17, 15) is 0 Å². The second-order valence-corrected chi connectivity index (χ2v) is 4.58. The molecule has 0 aliphatic carbocycles. The summed E-state index contributed by atoms with van der Waals surface area (Å²) in [6.07, 6.45) is 8.35. The van der Waals surface area contributed by atoms with Gasteiger partial charge in [-0.2, -0.15) is 0 Å². The fourth-order valence-corrected chi connectivity index (χ4v) is 2.44. The molecule has 102 valence electrons. The lowest BCUT2D eigenvalue weighted by molar-refractivity contribution is 0.431. The molecule has 18 heavy (non-hydrogen) atoms. The topological polar surface area (TPSA) is 26.0 Å². The van der Waals surface area contributed by atoms with Gasteiger partial charge in [0.05, 0.1) is 0 Å². The standard InChI is InChI=1S/C16H24.CH5N/c1-4-7-14-16(6-3,13-5-2)15-11-9-8-10-12-15;1-2/h6,8-12H,3-5,7,13-14H2,1-2H3;2H2,1H3. The summed E-state index contributed by atoms with van der Waals surface area (Å²) in [4.78, 5) is 0. The molecule has 0 bridgehead atoms. The summed E-state index contributed by atoms with van der Waals surface area (Å²) < 4.78 is 0. The third-order valence-electron chi connectivity index (χ3n) is 3.41. The Morgan fingerprint density at radius 1 is 1.06 bits per heavy atom. The maximum atomic E-state index is 4.50. The Hall–Kier alpha value is -1.08. The van der Waals surface area contributed by atoms with Gasteiger partial charge in [0, 0.05) is 5.41 Å². The summed E-state index contributed by atoms with van der Waals surface area (Å²) in [7, 11) is 1.50. The molecule has 2 N–H and O–H groups in total. The minimum atomic E-state index is 0.200. The van der Waals surface area contributed by atoms with Gasteiger partial charge >= 0.3 is 0 Å². The number of benzene rings is 1. The minimum Gasteiger partial charge on any atom is -0.333 e. The lowest BCUT2D eigenvalue weighted by atomic mass is 9.73. The lowest BCUT2D eigenvalue weighted by Gasteiger charge is -2.31. The molecular formula is C17H29N. The van der Waals surface area contributed by atoms with Crippen molar-refractivity contribution >= 4 is 0 Å². The van der Waals surface area contributed by atoms with E-state index in [0.717, 1.165) is 0 Å². The normalized spacial score (nSPS) is 13.1. The van der Waals surface area contributed by atoms with E-state index in [1.165, 1.54) is 44.7 Å². The summed E-state index contributed by atoms with van der Waals surface area (Å²) in [5.74, 6) is 0. The smallest absolute Gasteiger partial charge is 0.0129 e. The van der Waals surface area contributed by atoms with E-state index in [1.54, 1.807) is 0 Å². The summed E-state index contributed by atoms with van der Waals surface area (Å²) in [5.41, 5.74) is 6.13. The first-order valence-corrected chi connectivity index (χ1v) is 7.06. The van der Waals surface area contributed by atoms with Crippen LogP contribution in [0.3, 0.4) is 0 Å². The Kier molecular flexibility index (Phi) is 9.31. The molecule has 1 rings (SSSR count). The third kappa shape index (κ3) is 4.66. The second kappa shape index (κ2) is 9.90. The van der Waals surface area contributed by atoms with Gasteiger partial charge in [0.25, 0.3) is 0 Å². The van der Waals surface area contributed by atoms with E-state index >= 15 is 0 Å². The van der Waals surface area contributed by atoms with Crippen molar-refractivity contribution in [3.8, 4) is 0 Å². The van der Waals surface area contributed by atoms with Gasteiger partial charge in [-0.3, -0.25) is 0 Å². The van der Waals surface area contributed by atoms with Crippen LogP contribution in [0.5, 0.6) is 0 Å². The summed E-state index contributed by atoms with van der Waals surface area (Å²) in [5, 5.41) is 0. The van der Waals surface area contributed by atoms with Crippen LogP contribution < -0.4 is 5.73 Å². The number of unbranched alkanes of at least 4 members (excludes halogenated alkanes) is 1. The van der Waals surface area contributed by atoms with Gasteiger partial charge in [-0.15, -0.1) is 6.58 Å². The molecule has 0 radical (unpaired) electrons. The van der Waals surface area contributed by atoms with Crippen molar-refractivity contribution in [2.45, 2.75) is 51.4 Å². The molecule has 0 aromatic heterocycles. The molecule has 0 heterocycles. The molecule has 1 heteroatoms. The SMILES string of the molecule is C=CC(CCC)(CCCC)c1ccccc1.CN. The number of allylic oxidation sites excluding steroid dienone is 1. The molecule has 0 spiro atoms. The number of nitrogens with two attached hydrogens (primary N) is 1. The molecule has 0 aliphatic rings. The zero-order chi connectivity index (χ0) is 13.9. The molecule has 0 fully saturated rings. The van der Waals surface area contributed by atoms with Crippen molar-refractivity contribution in [2.24, 2.45) is 5.73 Å². The molecular weight excluding hydrogens is 218 g/mol. The summed E-state index contributed by atoms with van der Waals surface area (Å²) in [6.45, 7) is 8.59. The number of hydrogen-bond acceptors (Lipinski definition) is 1. The van der Waals surface area contributed by atoms with Crippen LogP contribution in [0.1, 0.15) is 51.5 Å². The third-order valence-corrected chi connectivity index (χ3v) is 3.41.